The van der Waals surface area contributed by atoms with Crippen molar-refractivity contribution in [2.45, 2.75) is 6.42 Å². The smallest absolute Gasteiger partial charge is 0.309 e. The summed E-state index contributed by atoms with van der Waals surface area (Å²) in [5.41, 5.74) is 3.03. The molecule has 0 radical (unpaired) electrons. The van der Waals surface area contributed by atoms with Gasteiger partial charge in [0.1, 0.15) is 5.01 Å². The number of rotatable bonds is 3. The van der Waals surface area contributed by atoms with Gasteiger partial charge in [0.2, 0.25) is 0 Å². The zero-order valence-corrected chi connectivity index (χ0v) is 11.8. The minimum Gasteiger partial charge on any atom is -0.469 e. The molecule has 100 valence electrons. The Bertz CT molecular complexity index is 750. The molecular formula is C16H13NO2S. The van der Waals surface area contributed by atoms with Gasteiger partial charge in [-0.2, -0.15) is 0 Å². The Labute approximate surface area is 120 Å². The van der Waals surface area contributed by atoms with E-state index in [0.717, 1.165) is 26.4 Å². The number of thiazole rings is 1. The van der Waals surface area contributed by atoms with Gasteiger partial charge in [0.05, 0.1) is 23.7 Å². The zero-order valence-electron chi connectivity index (χ0n) is 11.0. The van der Waals surface area contributed by atoms with Crippen LogP contribution in [0.25, 0.3) is 20.8 Å². The first-order valence-corrected chi connectivity index (χ1v) is 7.09. The number of hydrogen-bond donors (Lipinski definition) is 0. The fourth-order valence-corrected chi connectivity index (χ4v) is 3.06. The summed E-state index contributed by atoms with van der Waals surface area (Å²) in [7, 11) is 1.40. The third kappa shape index (κ3) is 2.56. The van der Waals surface area contributed by atoms with Crippen molar-refractivity contribution < 1.29 is 9.53 Å². The molecule has 3 nitrogen and oxygen atoms in total. The minimum absolute atomic E-state index is 0.225. The summed E-state index contributed by atoms with van der Waals surface area (Å²) in [4.78, 5) is 15.9. The Kier molecular flexibility index (Phi) is 3.48. The maximum absolute atomic E-state index is 11.3. The molecule has 3 aromatic rings. The van der Waals surface area contributed by atoms with Crippen molar-refractivity contribution >= 4 is 27.5 Å². The Balaban J connectivity index is 1.97. The van der Waals surface area contributed by atoms with E-state index in [1.165, 1.54) is 7.11 Å². The fraction of sp³-hybridized carbons (Fsp3) is 0.125. The number of nitrogens with zero attached hydrogens (tertiary/aromatic N) is 1. The third-order valence-electron chi connectivity index (χ3n) is 3.05. The molecule has 3 rings (SSSR count). The average molecular weight is 283 g/mol. The molecule has 4 heteroatoms. The summed E-state index contributed by atoms with van der Waals surface area (Å²) in [6, 6.07) is 16.0. The summed E-state index contributed by atoms with van der Waals surface area (Å²) in [5, 5.41) is 0.996. The van der Waals surface area contributed by atoms with Crippen molar-refractivity contribution in [1.29, 1.82) is 0 Å². The van der Waals surface area contributed by atoms with Crippen molar-refractivity contribution in [2.24, 2.45) is 0 Å². The number of benzene rings is 2. The Morgan fingerprint density at radius 3 is 2.75 bits per heavy atom. The maximum atomic E-state index is 11.3. The van der Waals surface area contributed by atoms with Crippen LogP contribution in [0.5, 0.6) is 0 Å². The lowest BCUT2D eigenvalue weighted by Crippen LogP contribution is -2.03. The van der Waals surface area contributed by atoms with Gasteiger partial charge in [-0.25, -0.2) is 4.98 Å². The molecule has 0 atom stereocenters. The van der Waals surface area contributed by atoms with Crippen molar-refractivity contribution in [3.05, 3.63) is 54.1 Å². The summed E-state index contributed by atoms with van der Waals surface area (Å²) >= 11 is 1.64. The second-order valence-corrected chi connectivity index (χ2v) is 5.47. The number of methoxy groups -OCH3 is 1. The molecule has 0 bridgehead atoms. The average Bonchev–Trinajstić information content (AvgIpc) is 2.91. The number of carbonyl (C=O) groups excluding carboxylic acids is 1. The molecular weight excluding hydrogens is 270 g/mol. The van der Waals surface area contributed by atoms with Gasteiger partial charge in [-0.3, -0.25) is 4.79 Å². The van der Waals surface area contributed by atoms with Crippen LogP contribution < -0.4 is 0 Å². The van der Waals surface area contributed by atoms with E-state index in [1.54, 1.807) is 11.3 Å². The molecule has 0 saturated heterocycles. The highest BCUT2D eigenvalue weighted by Crippen LogP contribution is 2.30. The predicted molar refractivity (Wildman–Crippen MR) is 80.8 cm³/mol. The topological polar surface area (TPSA) is 39.2 Å². The van der Waals surface area contributed by atoms with Gasteiger partial charge < -0.3 is 4.74 Å². The Hall–Kier alpha value is -2.20. The molecule has 0 fully saturated rings. The van der Waals surface area contributed by atoms with Crippen molar-refractivity contribution in [3.63, 3.8) is 0 Å². The van der Waals surface area contributed by atoms with Crippen LogP contribution in [0.2, 0.25) is 0 Å². The second-order valence-electron chi connectivity index (χ2n) is 4.44. The fourth-order valence-electron chi connectivity index (χ4n) is 2.02. The monoisotopic (exact) mass is 283 g/mol. The minimum atomic E-state index is -0.225. The van der Waals surface area contributed by atoms with Gasteiger partial charge in [0.15, 0.2) is 0 Å². The molecule has 0 aliphatic rings. The number of carbonyl (C=O) groups is 1. The standard InChI is InChI=1S/C16H13NO2S/c1-19-15(18)10-11-7-8-13-14(9-11)20-16(17-13)12-5-3-2-4-6-12/h2-9H,10H2,1H3. The first kappa shape index (κ1) is 12.8. The normalized spacial score (nSPS) is 10.7. The summed E-state index contributed by atoms with van der Waals surface area (Å²) in [6.45, 7) is 0. The van der Waals surface area contributed by atoms with Crippen LogP contribution in [0.4, 0.5) is 0 Å². The molecule has 0 aliphatic carbocycles. The third-order valence-corrected chi connectivity index (χ3v) is 4.12. The summed E-state index contributed by atoms with van der Waals surface area (Å²) < 4.78 is 5.78. The SMILES string of the molecule is COC(=O)Cc1ccc2nc(-c3ccccc3)sc2c1. The molecule has 0 saturated carbocycles. The zero-order chi connectivity index (χ0) is 13.9. The van der Waals surface area contributed by atoms with Crippen molar-refractivity contribution in [1.82, 2.24) is 4.98 Å². The van der Waals surface area contributed by atoms with E-state index < -0.39 is 0 Å². The highest BCUT2D eigenvalue weighted by molar-refractivity contribution is 7.21. The van der Waals surface area contributed by atoms with E-state index in [0.29, 0.717) is 6.42 Å². The van der Waals surface area contributed by atoms with Crippen LogP contribution >= 0.6 is 11.3 Å². The molecule has 0 amide bonds. The second kappa shape index (κ2) is 5.43. The lowest BCUT2D eigenvalue weighted by Gasteiger charge is -1.99. The van der Waals surface area contributed by atoms with Crippen LogP contribution in [-0.2, 0) is 16.0 Å². The van der Waals surface area contributed by atoms with Gasteiger partial charge >= 0.3 is 5.97 Å². The van der Waals surface area contributed by atoms with Crippen LogP contribution in [0.15, 0.2) is 48.5 Å². The van der Waals surface area contributed by atoms with Crippen LogP contribution in [0.1, 0.15) is 5.56 Å². The number of esters is 1. The van der Waals surface area contributed by atoms with Gasteiger partial charge in [-0.1, -0.05) is 36.4 Å². The molecule has 20 heavy (non-hydrogen) atoms. The summed E-state index contributed by atoms with van der Waals surface area (Å²) in [6.07, 6.45) is 0.297. The first-order chi connectivity index (χ1) is 9.76. The van der Waals surface area contributed by atoms with E-state index in [1.807, 2.05) is 48.5 Å². The molecule has 0 spiro atoms. The quantitative estimate of drug-likeness (QED) is 0.688. The highest BCUT2D eigenvalue weighted by Gasteiger charge is 2.08. The van der Waals surface area contributed by atoms with E-state index in [9.17, 15) is 4.79 Å². The molecule has 0 unspecified atom stereocenters. The van der Waals surface area contributed by atoms with Crippen LogP contribution in [-0.4, -0.2) is 18.1 Å². The van der Waals surface area contributed by atoms with E-state index in [2.05, 4.69) is 9.72 Å². The van der Waals surface area contributed by atoms with Gasteiger partial charge in [0.25, 0.3) is 0 Å². The van der Waals surface area contributed by atoms with E-state index >= 15 is 0 Å². The van der Waals surface area contributed by atoms with Crippen LogP contribution in [0.3, 0.4) is 0 Å². The van der Waals surface area contributed by atoms with Crippen molar-refractivity contribution in [3.8, 4) is 10.6 Å². The van der Waals surface area contributed by atoms with Gasteiger partial charge in [-0.05, 0) is 17.7 Å². The number of hydrogen-bond acceptors (Lipinski definition) is 4. The Morgan fingerprint density at radius 1 is 1.20 bits per heavy atom. The van der Waals surface area contributed by atoms with E-state index in [4.69, 9.17) is 0 Å². The molecule has 0 aliphatic heterocycles. The highest BCUT2D eigenvalue weighted by atomic mass is 32.1. The molecule has 1 aromatic heterocycles. The Morgan fingerprint density at radius 2 is 2.00 bits per heavy atom. The van der Waals surface area contributed by atoms with E-state index in [-0.39, 0.29) is 5.97 Å². The number of ether oxygens (including phenoxy) is 1. The van der Waals surface area contributed by atoms with Gasteiger partial charge in [-0.15, -0.1) is 11.3 Å². The largest absolute Gasteiger partial charge is 0.469 e. The van der Waals surface area contributed by atoms with Crippen LogP contribution in [0, 0.1) is 0 Å². The lowest BCUT2D eigenvalue weighted by atomic mass is 10.1. The number of fused-ring (bicyclic) bond motifs is 1. The molecule has 0 N–H and O–H groups in total. The van der Waals surface area contributed by atoms with Gasteiger partial charge in [0, 0.05) is 5.56 Å². The maximum Gasteiger partial charge on any atom is 0.309 e. The number of aromatic nitrogens is 1. The van der Waals surface area contributed by atoms with Crippen molar-refractivity contribution in [2.75, 3.05) is 7.11 Å². The lowest BCUT2D eigenvalue weighted by molar-refractivity contribution is -0.139. The molecule has 2 aromatic carbocycles. The first-order valence-electron chi connectivity index (χ1n) is 6.28. The predicted octanol–water partition coefficient (Wildman–Crippen LogP) is 3.68. The molecule has 1 heterocycles. The summed E-state index contributed by atoms with van der Waals surface area (Å²) in [5.74, 6) is -0.225.